The van der Waals surface area contributed by atoms with Crippen molar-refractivity contribution < 1.29 is 9.23 Å². The molecule has 2 atom stereocenters. The van der Waals surface area contributed by atoms with Gasteiger partial charge in [0, 0.05) is 33.9 Å². The number of hydrogen-bond donors (Lipinski definition) is 0. The number of fused-ring (bicyclic) bond motifs is 1. The number of azide groups is 1. The van der Waals surface area contributed by atoms with Gasteiger partial charge >= 0.3 is 0 Å². The molecule has 30 heavy (non-hydrogen) atoms. The number of anilines is 2. The first-order valence-corrected chi connectivity index (χ1v) is 10.1. The van der Waals surface area contributed by atoms with E-state index in [0.29, 0.717) is 17.2 Å². The number of benzene rings is 1. The molecule has 0 spiro atoms. The molecular weight excluding hydrogens is 385 g/mol. The van der Waals surface area contributed by atoms with Gasteiger partial charge < -0.3 is 0 Å². The number of halogens is 1. The molecule has 1 fully saturated rings. The lowest BCUT2D eigenvalue weighted by molar-refractivity contribution is -0.308. The zero-order valence-corrected chi connectivity index (χ0v) is 17.7. The van der Waals surface area contributed by atoms with Crippen LogP contribution in [0.1, 0.15) is 58.6 Å². The Balaban J connectivity index is 1.82. The average Bonchev–Trinajstić information content (AvgIpc) is 2.98. The second kappa shape index (κ2) is 7.50. The monoisotopic (exact) mass is 411 g/mol. The molecule has 4 rings (SSSR count). The van der Waals surface area contributed by atoms with Gasteiger partial charge in [0.2, 0.25) is 5.95 Å². The summed E-state index contributed by atoms with van der Waals surface area (Å²) >= 11 is 0. The van der Waals surface area contributed by atoms with Gasteiger partial charge in [-0.15, -0.1) is 0 Å². The quantitative estimate of drug-likeness (QED) is 0.381. The predicted octanol–water partition coefficient (Wildman–Crippen LogP) is 5.42. The average molecular weight is 411 g/mol. The molecule has 0 saturated carbocycles. The molecule has 3 heterocycles. The lowest BCUT2D eigenvalue weighted by Gasteiger charge is -2.52. The Morgan fingerprint density at radius 3 is 2.47 bits per heavy atom. The lowest BCUT2D eigenvalue weighted by Crippen LogP contribution is -2.59. The van der Waals surface area contributed by atoms with Crippen LogP contribution in [-0.2, 0) is 4.84 Å². The van der Waals surface area contributed by atoms with Crippen molar-refractivity contribution in [2.75, 3.05) is 4.90 Å². The Morgan fingerprint density at radius 2 is 1.83 bits per heavy atom. The first-order valence-electron chi connectivity index (χ1n) is 10.1. The van der Waals surface area contributed by atoms with E-state index in [1.165, 1.54) is 12.1 Å². The second-order valence-electron chi connectivity index (χ2n) is 9.04. The van der Waals surface area contributed by atoms with Crippen LogP contribution in [0.4, 0.5) is 16.0 Å². The fraction of sp³-hybridized carbons (Fsp3) is 0.524. The summed E-state index contributed by atoms with van der Waals surface area (Å²) in [7, 11) is 0. The van der Waals surface area contributed by atoms with Crippen molar-refractivity contribution >= 4 is 11.6 Å². The standard InChI is InChI=1S/C21H26FN7O/c1-20(2)9-5-10-21(3,4)29(20)30-17-15-13-14(22)7-8-16(15)28(18(17)26-27-23)19-24-11-6-12-25-19/h6-8,11-13,17-18H,5,9-10H2,1-4H3. The highest BCUT2D eigenvalue weighted by Gasteiger charge is 2.48. The topological polar surface area (TPSA) is 90.2 Å². The van der Waals surface area contributed by atoms with E-state index in [1.54, 1.807) is 29.4 Å². The third-order valence-electron chi connectivity index (χ3n) is 5.92. The Labute approximate surface area is 175 Å². The molecule has 1 aromatic heterocycles. The number of aromatic nitrogens is 2. The van der Waals surface area contributed by atoms with E-state index in [2.05, 4.69) is 47.7 Å². The van der Waals surface area contributed by atoms with E-state index in [-0.39, 0.29) is 16.9 Å². The van der Waals surface area contributed by atoms with Crippen LogP contribution in [0.25, 0.3) is 10.4 Å². The van der Waals surface area contributed by atoms with E-state index in [1.807, 2.05) is 5.06 Å². The summed E-state index contributed by atoms with van der Waals surface area (Å²) in [6.45, 7) is 8.54. The molecule has 2 aliphatic heterocycles. The van der Waals surface area contributed by atoms with Gasteiger partial charge in [0.1, 0.15) is 18.1 Å². The Hall–Kier alpha value is -2.74. The van der Waals surface area contributed by atoms with Crippen molar-refractivity contribution in [2.24, 2.45) is 5.11 Å². The zero-order chi connectivity index (χ0) is 21.5. The minimum atomic E-state index is -0.789. The van der Waals surface area contributed by atoms with Gasteiger partial charge in [-0.25, -0.2) is 14.4 Å². The number of hydrogen-bond acceptors (Lipinski definition) is 6. The maximum absolute atomic E-state index is 14.2. The Bertz CT molecular complexity index is 959. The van der Waals surface area contributed by atoms with Crippen LogP contribution in [0.5, 0.6) is 0 Å². The number of nitrogens with zero attached hydrogens (tertiary/aromatic N) is 7. The summed E-state index contributed by atoms with van der Waals surface area (Å²) < 4.78 is 14.2. The van der Waals surface area contributed by atoms with Crippen LogP contribution >= 0.6 is 0 Å². The molecule has 1 aromatic carbocycles. The number of rotatable bonds is 4. The van der Waals surface area contributed by atoms with Gasteiger partial charge in [-0.2, -0.15) is 5.06 Å². The van der Waals surface area contributed by atoms with Crippen molar-refractivity contribution in [3.8, 4) is 0 Å². The van der Waals surface area contributed by atoms with Gasteiger partial charge in [-0.05, 0) is 76.8 Å². The second-order valence-corrected chi connectivity index (χ2v) is 9.04. The van der Waals surface area contributed by atoms with Crippen LogP contribution in [-0.4, -0.2) is 32.3 Å². The maximum Gasteiger partial charge on any atom is 0.230 e. The summed E-state index contributed by atoms with van der Waals surface area (Å²) in [4.78, 5) is 20.0. The molecule has 2 unspecified atom stereocenters. The number of piperidine rings is 1. The smallest absolute Gasteiger partial charge is 0.230 e. The summed E-state index contributed by atoms with van der Waals surface area (Å²) in [5, 5.41) is 6.02. The molecule has 0 N–H and O–H groups in total. The summed E-state index contributed by atoms with van der Waals surface area (Å²) in [6.07, 6.45) is 4.77. The fourth-order valence-corrected chi connectivity index (χ4v) is 4.70. The molecule has 0 aliphatic carbocycles. The van der Waals surface area contributed by atoms with Gasteiger partial charge in [-0.3, -0.25) is 9.74 Å². The van der Waals surface area contributed by atoms with Crippen molar-refractivity contribution in [3.05, 3.63) is 58.5 Å². The fourth-order valence-electron chi connectivity index (χ4n) is 4.70. The minimum Gasteiger partial charge on any atom is -0.298 e. The Kier molecular flexibility index (Phi) is 5.13. The third-order valence-corrected chi connectivity index (χ3v) is 5.92. The first-order chi connectivity index (χ1) is 14.2. The molecule has 0 radical (unpaired) electrons. The van der Waals surface area contributed by atoms with Crippen LogP contribution in [0, 0.1) is 5.82 Å². The van der Waals surface area contributed by atoms with Crippen molar-refractivity contribution in [1.29, 1.82) is 0 Å². The largest absolute Gasteiger partial charge is 0.298 e. The molecule has 1 saturated heterocycles. The molecule has 0 amide bonds. The molecule has 9 heteroatoms. The van der Waals surface area contributed by atoms with E-state index in [9.17, 15) is 9.92 Å². The number of hydroxylamine groups is 2. The molecule has 2 aromatic rings. The van der Waals surface area contributed by atoms with Crippen molar-refractivity contribution in [2.45, 2.75) is 70.3 Å². The third kappa shape index (κ3) is 3.49. The lowest BCUT2D eigenvalue weighted by atomic mass is 9.82. The highest BCUT2D eigenvalue weighted by atomic mass is 19.1. The van der Waals surface area contributed by atoms with Crippen LogP contribution in [0.3, 0.4) is 0 Å². The normalized spacial score (nSPS) is 24.9. The molecule has 2 aliphatic rings. The minimum absolute atomic E-state index is 0.229. The van der Waals surface area contributed by atoms with Gasteiger partial charge in [0.15, 0.2) is 0 Å². The molecular formula is C21H26FN7O. The molecule has 8 nitrogen and oxygen atoms in total. The maximum atomic E-state index is 14.2. The summed E-state index contributed by atoms with van der Waals surface area (Å²) in [5.74, 6) is -0.0129. The highest BCUT2D eigenvalue weighted by molar-refractivity contribution is 5.68. The van der Waals surface area contributed by atoms with Gasteiger partial charge in [0.25, 0.3) is 0 Å². The van der Waals surface area contributed by atoms with E-state index in [4.69, 9.17) is 4.84 Å². The van der Waals surface area contributed by atoms with Crippen molar-refractivity contribution in [3.63, 3.8) is 0 Å². The Morgan fingerprint density at radius 1 is 1.17 bits per heavy atom. The molecule has 0 bridgehead atoms. The van der Waals surface area contributed by atoms with E-state index < -0.39 is 12.3 Å². The zero-order valence-electron chi connectivity index (χ0n) is 17.7. The predicted molar refractivity (Wildman–Crippen MR) is 111 cm³/mol. The van der Waals surface area contributed by atoms with Gasteiger partial charge in [-0.1, -0.05) is 5.11 Å². The first kappa shape index (κ1) is 20.5. The van der Waals surface area contributed by atoms with Crippen LogP contribution in [0.2, 0.25) is 0 Å². The SMILES string of the molecule is CC1(C)CCCC(C)(C)N1OC1c2cc(F)ccc2N(c2ncccn2)C1N=[N+]=[N-]. The molecule has 158 valence electrons. The van der Waals surface area contributed by atoms with E-state index >= 15 is 0 Å². The highest BCUT2D eigenvalue weighted by Crippen LogP contribution is 2.49. The van der Waals surface area contributed by atoms with Crippen LogP contribution < -0.4 is 4.90 Å². The van der Waals surface area contributed by atoms with Crippen molar-refractivity contribution in [1.82, 2.24) is 15.0 Å². The summed E-state index contributed by atoms with van der Waals surface area (Å²) in [6, 6.07) is 6.17. The van der Waals surface area contributed by atoms with E-state index in [0.717, 1.165) is 19.3 Å². The van der Waals surface area contributed by atoms with Crippen LogP contribution in [0.15, 0.2) is 41.8 Å². The van der Waals surface area contributed by atoms with Gasteiger partial charge in [0.05, 0.1) is 5.69 Å². The summed E-state index contributed by atoms with van der Waals surface area (Å²) in [5.41, 5.74) is 10.1.